The molecule has 9 nitrogen and oxygen atoms in total. The fourth-order valence-electron chi connectivity index (χ4n) is 1.87. The second-order valence-electron chi connectivity index (χ2n) is 3.91. The maximum Gasteiger partial charge on any atom is 0.319 e. The maximum atomic E-state index is 11.1. The fraction of sp³-hybridized carbons (Fsp3) is 0.778. The molecule has 0 aromatic carbocycles. The molecule has 9 heteroatoms. The number of hydrogen-bond acceptors (Lipinski definition) is 7. The van der Waals surface area contributed by atoms with Crippen LogP contribution in [0.3, 0.4) is 0 Å². The van der Waals surface area contributed by atoms with Crippen LogP contribution >= 0.6 is 0 Å². The number of carbonyl (C=O) groups is 2. The number of carboxylic acids is 1. The van der Waals surface area contributed by atoms with Crippen LogP contribution in [-0.4, -0.2) is 59.9 Å². The van der Waals surface area contributed by atoms with Gasteiger partial charge in [-0.05, 0) is 13.0 Å². The van der Waals surface area contributed by atoms with Crippen LogP contribution in [0.15, 0.2) is 0 Å². The Kier molecular flexibility index (Phi) is 4.84. The molecule has 0 aliphatic carbocycles. The number of nitrogens with zero attached hydrogens (tertiary/aromatic N) is 2. The SMILES string of the molecule is COC(=O)CN1CCC(C(=O)O)C(O[N+](=O)[O-])C1. The lowest BCUT2D eigenvalue weighted by Gasteiger charge is -2.34. The average molecular weight is 262 g/mol. The van der Waals surface area contributed by atoms with Crippen molar-refractivity contribution in [3.63, 3.8) is 0 Å². The van der Waals surface area contributed by atoms with Crippen molar-refractivity contribution in [1.82, 2.24) is 4.90 Å². The number of ether oxygens (including phenoxy) is 1. The summed E-state index contributed by atoms with van der Waals surface area (Å²) >= 11 is 0. The molecule has 0 bridgehead atoms. The van der Waals surface area contributed by atoms with E-state index in [1.54, 1.807) is 4.90 Å². The van der Waals surface area contributed by atoms with Crippen molar-refractivity contribution in [3.05, 3.63) is 10.1 Å². The molecular formula is C9H14N2O7. The highest BCUT2D eigenvalue weighted by atomic mass is 17.0. The van der Waals surface area contributed by atoms with E-state index < -0.39 is 29.0 Å². The first kappa shape index (κ1) is 14.2. The zero-order valence-corrected chi connectivity index (χ0v) is 9.77. The van der Waals surface area contributed by atoms with Crippen LogP contribution < -0.4 is 0 Å². The summed E-state index contributed by atoms with van der Waals surface area (Å²) in [5.41, 5.74) is 0. The van der Waals surface area contributed by atoms with Crippen molar-refractivity contribution in [2.75, 3.05) is 26.7 Å². The van der Waals surface area contributed by atoms with Gasteiger partial charge in [0.25, 0.3) is 5.09 Å². The van der Waals surface area contributed by atoms with E-state index in [1.165, 1.54) is 7.11 Å². The molecule has 0 radical (unpaired) electrons. The van der Waals surface area contributed by atoms with Gasteiger partial charge in [-0.15, -0.1) is 10.1 Å². The Morgan fingerprint density at radius 3 is 2.72 bits per heavy atom. The van der Waals surface area contributed by atoms with Gasteiger partial charge in [-0.3, -0.25) is 14.5 Å². The summed E-state index contributed by atoms with van der Waals surface area (Å²) in [6.07, 6.45) is -0.888. The number of piperidine rings is 1. The Balaban J connectivity index is 2.63. The zero-order valence-electron chi connectivity index (χ0n) is 9.77. The van der Waals surface area contributed by atoms with Gasteiger partial charge in [0.1, 0.15) is 6.10 Å². The molecule has 0 aromatic heterocycles. The molecule has 1 aliphatic heterocycles. The predicted octanol–water partition coefficient (Wildman–Crippen LogP) is -0.857. The highest BCUT2D eigenvalue weighted by Gasteiger charge is 2.37. The van der Waals surface area contributed by atoms with Gasteiger partial charge in [-0.2, -0.15) is 0 Å². The highest BCUT2D eigenvalue weighted by molar-refractivity contribution is 5.72. The number of methoxy groups -OCH3 is 1. The number of hydrogen-bond donors (Lipinski definition) is 1. The minimum atomic E-state index is -1.14. The topological polar surface area (TPSA) is 119 Å². The first-order valence-electron chi connectivity index (χ1n) is 5.27. The van der Waals surface area contributed by atoms with Crippen LogP contribution in [0.1, 0.15) is 6.42 Å². The Morgan fingerprint density at radius 1 is 1.56 bits per heavy atom. The third-order valence-electron chi connectivity index (χ3n) is 2.76. The Hall–Kier alpha value is -1.90. The summed E-state index contributed by atoms with van der Waals surface area (Å²) < 4.78 is 4.47. The van der Waals surface area contributed by atoms with Crippen LogP contribution in [0, 0.1) is 16.0 Å². The second-order valence-corrected chi connectivity index (χ2v) is 3.91. The summed E-state index contributed by atoms with van der Waals surface area (Å²) in [6, 6.07) is 0. The Labute approximate surface area is 102 Å². The van der Waals surface area contributed by atoms with Crippen LogP contribution in [0.5, 0.6) is 0 Å². The number of rotatable bonds is 5. The van der Waals surface area contributed by atoms with E-state index in [4.69, 9.17) is 5.11 Å². The molecule has 0 aromatic rings. The van der Waals surface area contributed by atoms with Crippen molar-refractivity contribution >= 4 is 11.9 Å². The summed E-state index contributed by atoms with van der Waals surface area (Å²) in [5.74, 6) is -2.56. The van der Waals surface area contributed by atoms with Gasteiger partial charge in [0.15, 0.2) is 0 Å². The Bertz CT molecular complexity index is 346. The number of likely N-dealkylation sites (tertiary alicyclic amines) is 1. The molecule has 0 spiro atoms. The van der Waals surface area contributed by atoms with Crippen LogP contribution in [0.4, 0.5) is 0 Å². The van der Waals surface area contributed by atoms with E-state index >= 15 is 0 Å². The molecule has 18 heavy (non-hydrogen) atoms. The quantitative estimate of drug-likeness (QED) is 0.386. The van der Waals surface area contributed by atoms with E-state index in [0.29, 0.717) is 6.54 Å². The van der Waals surface area contributed by atoms with E-state index in [2.05, 4.69) is 9.57 Å². The lowest BCUT2D eigenvalue weighted by atomic mass is 9.94. The second kappa shape index (κ2) is 6.15. The third kappa shape index (κ3) is 3.84. The molecule has 1 aliphatic rings. The Morgan fingerprint density at radius 2 is 2.22 bits per heavy atom. The van der Waals surface area contributed by atoms with Crippen molar-refractivity contribution in [2.45, 2.75) is 12.5 Å². The summed E-state index contributed by atoms with van der Waals surface area (Å²) in [6.45, 7) is 0.317. The molecule has 1 rings (SSSR count). The molecule has 1 saturated heterocycles. The lowest BCUT2D eigenvalue weighted by Crippen LogP contribution is -2.49. The minimum Gasteiger partial charge on any atom is -0.481 e. The molecule has 2 atom stereocenters. The zero-order chi connectivity index (χ0) is 13.7. The number of carbonyl (C=O) groups excluding carboxylic acids is 1. The van der Waals surface area contributed by atoms with Crippen molar-refractivity contribution < 1.29 is 29.4 Å². The average Bonchev–Trinajstić information content (AvgIpc) is 2.27. The number of carboxylic acid groups (broad SMARTS) is 1. The first-order chi connectivity index (χ1) is 8.43. The van der Waals surface area contributed by atoms with E-state index in [9.17, 15) is 19.7 Å². The van der Waals surface area contributed by atoms with Gasteiger partial charge in [-0.25, -0.2) is 0 Å². The number of aliphatic carboxylic acids is 1. The first-order valence-corrected chi connectivity index (χ1v) is 5.27. The third-order valence-corrected chi connectivity index (χ3v) is 2.76. The molecule has 0 saturated carbocycles. The van der Waals surface area contributed by atoms with Gasteiger partial charge in [-0.1, -0.05) is 0 Å². The normalized spacial score (nSPS) is 24.3. The van der Waals surface area contributed by atoms with E-state index in [1.807, 2.05) is 0 Å². The van der Waals surface area contributed by atoms with Crippen molar-refractivity contribution in [1.29, 1.82) is 0 Å². The minimum absolute atomic E-state index is 0.00699. The molecule has 1 heterocycles. The smallest absolute Gasteiger partial charge is 0.319 e. The van der Waals surface area contributed by atoms with Crippen LogP contribution in [0.25, 0.3) is 0 Å². The molecule has 0 amide bonds. The highest BCUT2D eigenvalue weighted by Crippen LogP contribution is 2.21. The maximum absolute atomic E-state index is 11.1. The van der Waals surface area contributed by atoms with Crippen molar-refractivity contribution in [3.8, 4) is 0 Å². The number of esters is 1. The van der Waals surface area contributed by atoms with Crippen LogP contribution in [0.2, 0.25) is 0 Å². The summed E-state index contributed by atoms with van der Waals surface area (Å²) in [7, 11) is 1.23. The molecule has 102 valence electrons. The largest absolute Gasteiger partial charge is 0.481 e. The van der Waals surface area contributed by atoms with Gasteiger partial charge in [0.2, 0.25) is 0 Å². The molecule has 2 unspecified atom stereocenters. The van der Waals surface area contributed by atoms with Gasteiger partial charge < -0.3 is 14.7 Å². The molecular weight excluding hydrogens is 248 g/mol. The van der Waals surface area contributed by atoms with Crippen LogP contribution in [-0.2, 0) is 19.2 Å². The van der Waals surface area contributed by atoms with Gasteiger partial charge in [0.05, 0.1) is 19.6 Å². The monoisotopic (exact) mass is 262 g/mol. The molecule has 1 fully saturated rings. The van der Waals surface area contributed by atoms with Gasteiger partial charge >= 0.3 is 11.9 Å². The van der Waals surface area contributed by atoms with E-state index in [0.717, 1.165) is 0 Å². The summed E-state index contributed by atoms with van der Waals surface area (Å²) in [4.78, 5) is 38.2. The molecule has 1 N–H and O–H groups in total. The van der Waals surface area contributed by atoms with E-state index in [-0.39, 0.29) is 19.5 Å². The fourth-order valence-corrected chi connectivity index (χ4v) is 1.87. The lowest BCUT2D eigenvalue weighted by molar-refractivity contribution is -0.770. The van der Waals surface area contributed by atoms with Gasteiger partial charge in [0, 0.05) is 6.54 Å². The van der Waals surface area contributed by atoms with Crippen molar-refractivity contribution in [2.24, 2.45) is 5.92 Å². The predicted molar refractivity (Wildman–Crippen MR) is 56.1 cm³/mol. The standard InChI is InChI=1S/C9H14N2O7/c1-17-8(12)5-10-3-2-6(9(13)14)7(4-10)18-11(15)16/h6-7H,2-5H2,1H3,(H,13,14). The summed E-state index contributed by atoms with van der Waals surface area (Å²) in [5, 5.41) is 18.2.